The lowest BCUT2D eigenvalue weighted by molar-refractivity contribution is 0.566. The molecule has 0 aliphatic carbocycles. The van der Waals surface area contributed by atoms with Gasteiger partial charge in [0.15, 0.2) is 0 Å². The zero-order chi connectivity index (χ0) is 18.7. The van der Waals surface area contributed by atoms with Crippen LogP contribution in [-0.2, 0) is 10.0 Å². The number of benzene rings is 2. The fraction of sp³-hybridized carbons (Fsp3) is 0.476. The van der Waals surface area contributed by atoms with Gasteiger partial charge in [0.1, 0.15) is 0 Å². The number of sulfonamides is 1. The van der Waals surface area contributed by atoms with Crippen molar-refractivity contribution in [1.82, 2.24) is 4.83 Å². The molecule has 0 fully saturated rings. The topological polar surface area (TPSA) is 58.5 Å². The maximum absolute atomic E-state index is 12.0. The summed E-state index contributed by atoms with van der Waals surface area (Å²) in [5, 5.41) is 6.12. The van der Waals surface area contributed by atoms with Crippen molar-refractivity contribution in [2.24, 2.45) is 5.10 Å². The van der Waals surface area contributed by atoms with E-state index in [9.17, 15) is 8.42 Å². The molecule has 4 nitrogen and oxygen atoms in total. The van der Waals surface area contributed by atoms with Gasteiger partial charge in [-0.1, -0.05) is 94.3 Å². The molecule has 0 atom stereocenters. The molecular weight excluding hydrogens is 344 g/mol. The van der Waals surface area contributed by atoms with Gasteiger partial charge in [-0.15, -0.1) is 0 Å². The van der Waals surface area contributed by atoms with E-state index >= 15 is 0 Å². The quantitative estimate of drug-likeness (QED) is 0.314. The highest BCUT2D eigenvalue weighted by molar-refractivity contribution is 7.89. The summed E-state index contributed by atoms with van der Waals surface area (Å²) in [5.41, 5.74) is 0.901. The van der Waals surface area contributed by atoms with Gasteiger partial charge in [-0.25, -0.2) is 13.2 Å². The molecular formula is C21H30N2O2S. The summed E-state index contributed by atoms with van der Waals surface area (Å²) in [6, 6.07) is 13.9. The highest BCUT2D eigenvalue weighted by Gasteiger charge is 2.07. The standard InChI is InChI=1S/C21H30N2O2S/c1-2-3-4-5-6-7-8-11-17-26(24,25)23-22-18-20-15-12-14-19-13-9-10-16-21(19)20/h9-10,12-16,18,23H,2-8,11,17H2,1H3. The fourth-order valence-electron chi connectivity index (χ4n) is 3.01. The molecule has 0 spiro atoms. The Labute approximate surface area is 157 Å². The zero-order valence-corrected chi connectivity index (χ0v) is 16.5. The molecule has 0 heterocycles. The molecule has 0 amide bonds. The van der Waals surface area contributed by atoms with Gasteiger partial charge in [0.25, 0.3) is 0 Å². The van der Waals surface area contributed by atoms with E-state index in [-0.39, 0.29) is 5.75 Å². The Morgan fingerprint density at radius 2 is 1.54 bits per heavy atom. The van der Waals surface area contributed by atoms with Gasteiger partial charge < -0.3 is 0 Å². The van der Waals surface area contributed by atoms with E-state index in [0.717, 1.165) is 29.2 Å². The number of hydrogen-bond donors (Lipinski definition) is 1. The van der Waals surface area contributed by atoms with Gasteiger partial charge in [0, 0.05) is 5.56 Å². The van der Waals surface area contributed by atoms with E-state index in [1.807, 2.05) is 42.5 Å². The molecule has 0 unspecified atom stereocenters. The fourth-order valence-corrected chi connectivity index (χ4v) is 3.90. The lowest BCUT2D eigenvalue weighted by atomic mass is 10.1. The van der Waals surface area contributed by atoms with Gasteiger partial charge >= 0.3 is 0 Å². The lowest BCUT2D eigenvalue weighted by Gasteiger charge is -2.04. The molecule has 2 aromatic rings. The van der Waals surface area contributed by atoms with Crippen LogP contribution in [0.3, 0.4) is 0 Å². The van der Waals surface area contributed by atoms with Crippen molar-refractivity contribution in [1.29, 1.82) is 0 Å². The first-order valence-electron chi connectivity index (χ1n) is 9.63. The Kier molecular flexibility index (Phi) is 8.62. The predicted octanol–water partition coefficient (Wildman–Crippen LogP) is 5.23. The highest BCUT2D eigenvalue weighted by Crippen LogP contribution is 2.16. The SMILES string of the molecule is CCCCCCCCCCS(=O)(=O)NN=Cc1cccc2ccccc12. The summed E-state index contributed by atoms with van der Waals surface area (Å²) in [7, 11) is -3.35. The first-order chi connectivity index (χ1) is 12.6. The minimum Gasteiger partial charge on any atom is -0.205 e. The molecule has 142 valence electrons. The van der Waals surface area contributed by atoms with Crippen molar-refractivity contribution in [3.8, 4) is 0 Å². The second kappa shape index (κ2) is 11.0. The van der Waals surface area contributed by atoms with Crippen LogP contribution in [0.4, 0.5) is 0 Å². The summed E-state index contributed by atoms with van der Waals surface area (Å²) in [6.07, 6.45) is 10.6. The van der Waals surface area contributed by atoms with Gasteiger partial charge in [0.05, 0.1) is 12.0 Å². The van der Waals surface area contributed by atoms with Crippen molar-refractivity contribution in [2.45, 2.75) is 58.3 Å². The second-order valence-corrected chi connectivity index (χ2v) is 8.53. The minimum atomic E-state index is -3.35. The molecule has 0 saturated carbocycles. The molecule has 2 aromatic carbocycles. The monoisotopic (exact) mass is 374 g/mol. The number of rotatable bonds is 12. The van der Waals surface area contributed by atoms with Gasteiger partial charge in [-0.05, 0) is 17.2 Å². The average Bonchev–Trinajstić information content (AvgIpc) is 2.64. The van der Waals surface area contributed by atoms with Crippen LogP contribution in [0.5, 0.6) is 0 Å². The van der Waals surface area contributed by atoms with Crippen LogP contribution in [0.2, 0.25) is 0 Å². The van der Waals surface area contributed by atoms with Gasteiger partial charge in [-0.2, -0.15) is 5.10 Å². The third kappa shape index (κ3) is 7.16. The van der Waals surface area contributed by atoms with Crippen LogP contribution in [-0.4, -0.2) is 20.4 Å². The van der Waals surface area contributed by atoms with Gasteiger partial charge in [-0.3, -0.25) is 0 Å². The highest BCUT2D eigenvalue weighted by atomic mass is 32.2. The summed E-state index contributed by atoms with van der Waals surface area (Å²) >= 11 is 0. The number of hydrogen-bond acceptors (Lipinski definition) is 3. The van der Waals surface area contributed by atoms with E-state index < -0.39 is 10.0 Å². The predicted molar refractivity (Wildman–Crippen MR) is 111 cm³/mol. The molecule has 0 aliphatic heterocycles. The van der Waals surface area contributed by atoms with E-state index in [1.54, 1.807) is 6.21 Å². The second-order valence-electron chi connectivity index (χ2n) is 6.71. The molecule has 2 rings (SSSR count). The number of hydrazone groups is 1. The maximum atomic E-state index is 12.0. The first kappa shape index (κ1) is 20.4. The number of unbranched alkanes of at least 4 members (excludes halogenated alkanes) is 7. The number of fused-ring (bicyclic) bond motifs is 1. The Morgan fingerprint density at radius 1 is 0.885 bits per heavy atom. The van der Waals surface area contributed by atoms with Crippen molar-refractivity contribution >= 4 is 27.0 Å². The van der Waals surface area contributed by atoms with Crippen molar-refractivity contribution < 1.29 is 8.42 Å². The van der Waals surface area contributed by atoms with Crippen molar-refractivity contribution in [3.63, 3.8) is 0 Å². The van der Waals surface area contributed by atoms with Crippen LogP contribution in [0.15, 0.2) is 47.6 Å². The normalized spacial score (nSPS) is 12.0. The number of nitrogens with zero attached hydrogens (tertiary/aromatic N) is 1. The van der Waals surface area contributed by atoms with E-state index in [2.05, 4.69) is 16.9 Å². The minimum absolute atomic E-state index is 0.134. The third-order valence-electron chi connectivity index (χ3n) is 4.49. The Balaban J connectivity index is 1.74. The summed E-state index contributed by atoms with van der Waals surface area (Å²) in [5.74, 6) is 0.134. The molecule has 26 heavy (non-hydrogen) atoms. The third-order valence-corrected chi connectivity index (χ3v) is 5.70. The number of nitrogens with one attached hydrogen (secondary N) is 1. The largest absolute Gasteiger partial charge is 0.247 e. The molecule has 0 saturated heterocycles. The average molecular weight is 375 g/mol. The van der Waals surface area contributed by atoms with Crippen LogP contribution >= 0.6 is 0 Å². The first-order valence-corrected chi connectivity index (χ1v) is 11.3. The summed E-state index contributed by atoms with van der Waals surface area (Å²) in [6.45, 7) is 2.21. The molecule has 0 aromatic heterocycles. The Morgan fingerprint density at radius 3 is 2.31 bits per heavy atom. The Bertz CT molecular complexity index is 795. The van der Waals surface area contributed by atoms with Crippen LogP contribution in [0, 0.1) is 0 Å². The molecule has 0 radical (unpaired) electrons. The molecule has 5 heteroatoms. The van der Waals surface area contributed by atoms with Crippen molar-refractivity contribution in [3.05, 3.63) is 48.0 Å². The Hall–Kier alpha value is -1.88. The zero-order valence-electron chi connectivity index (χ0n) is 15.7. The molecule has 0 bridgehead atoms. The smallest absolute Gasteiger partial charge is 0.205 e. The van der Waals surface area contributed by atoms with Crippen LogP contribution in [0.1, 0.15) is 63.9 Å². The summed E-state index contributed by atoms with van der Waals surface area (Å²) in [4.78, 5) is 2.33. The molecule has 1 N–H and O–H groups in total. The maximum Gasteiger partial charge on any atom is 0.247 e. The van der Waals surface area contributed by atoms with Crippen LogP contribution in [0.25, 0.3) is 10.8 Å². The van der Waals surface area contributed by atoms with Crippen molar-refractivity contribution in [2.75, 3.05) is 5.75 Å². The van der Waals surface area contributed by atoms with Crippen LogP contribution < -0.4 is 4.83 Å². The van der Waals surface area contributed by atoms with E-state index in [1.165, 1.54) is 32.1 Å². The van der Waals surface area contributed by atoms with E-state index in [4.69, 9.17) is 0 Å². The summed E-state index contributed by atoms with van der Waals surface area (Å²) < 4.78 is 24.1. The van der Waals surface area contributed by atoms with Gasteiger partial charge in [0.2, 0.25) is 10.0 Å². The molecule has 0 aliphatic rings. The lowest BCUT2D eigenvalue weighted by Crippen LogP contribution is -2.21. The van der Waals surface area contributed by atoms with E-state index in [0.29, 0.717) is 6.42 Å².